The number of rotatable bonds is 6. The zero-order chi connectivity index (χ0) is 13.7. The van der Waals surface area contributed by atoms with Gasteiger partial charge in [0.15, 0.2) is 0 Å². The molecule has 19 heavy (non-hydrogen) atoms. The first-order valence-electron chi connectivity index (χ1n) is 6.58. The van der Waals surface area contributed by atoms with E-state index < -0.39 is 0 Å². The summed E-state index contributed by atoms with van der Waals surface area (Å²) in [4.78, 5) is 5.60. The van der Waals surface area contributed by atoms with E-state index in [1.54, 1.807) is 11.3 Å². The minimum absolute atomic E-state index is 0.307. The molecule has 2 heterocycles. The monoisotopic (exact) mass is 294 g/mol. The Hall–Kier alpha value is -0.900. The Balaban J connectivity index is 2.15. The summed E-state index contributed by atoms with van der Waals surface area (Å²) in [5.41, 5.74) is 2.45. The standard InChI is InChI=1S/C15H19ClN2S/c1-3-6-18-14(8-13-4-5-15(16)19-13)12-7-11(2)9-17-10-12/h4-5,7,9-10,14,18H,3,6,8H2,1-2H3. The van der Waals surface area contributed by atoms with Gasteiger partial charge in [0.05, 0.1) is 4.34 Å². The van der Waals surface area contributed by atoms with Gasteiger partial charge < -0.3 is 5.32 Å². The van der Waals surface area contributed by atoms with Gasteiger partial charge in [0.1, 0.15) is 0 Å². The minimum atomic E-state index is 0.307. The molecule has 0 aliphatic rings. The summed E-state index contributed by atoms with van der Waals surface area (Å²) in [5, 5.41) is 3.59. The fourth-order valence-electron chi connectivity index (χ4n) is 2.06. The van der Waals surface area contributed by atoms with Crippen molar-refractivity contribution in [2.45, 2.75) is 32.7 Å². The maximum absolute atomic E-state index is 6.01. The van der Waals surface area contributed by atoms with Crippen LogP contribution < -0.4 is 5.32 Å². The fraction of sp³-hybridized carbons (Fsp3) is 0.400. The van der Waals surface area contributed by atoms with E-state index in [4.69, 9.17) is 11.6 Å². The molecule has 0 amide bonds. The zero-order valence-corrected chi connectivity index (χ0v) is 12.9. The van der Waals surface area contributed by atoms with E-state index in [0.29, 0.717) is 6.04 Å². The van der Waals surface area contributed by atoms with Crippen LogP contribution in [-0.4, -0.2) is 11.5 Å². The van der Waals surface area contributed by atoms with E-state index in [9.17, 15) is 0 Å². The van der Waals surface area contributed by atoms with E-state index in [1.807, 2.05) is 18.5 Å². The first kappa shape index (κ1) is 14.5. The molecule has 2 aromatic rings. The summed E-state index contributed by atoms with van der Waals surface area (Å²) >= 11 is 7.66. The Labute approximate surface area is 123 Å². The van der Waals surface area contributed by atoms with Crippen molar-refractivity contribution in [3.63, 3.8) is 0 Å². The quantitative estimate of drug-likeness (QED) is 0.855. The molecule has 2 nitrogen and oxygen atoms in total. The van der Waals surface area contributed by atoms with E-state index in [2.05, 4.69) is 36.3 Å². The SMILES string of the molecule is CCCNC(Cc1ccc(Cl)s1)c1cncc(C)c1. The molecule has 1 N–H and O–H groups in total. The van der Waals surface area contributed by atoms with Crippen LogP contribution in [0, 0.1) is 6.92 Å². The smallest absolute Gasteiger partial charge is 0.0931 e. The molecule has 0 radical (unpaired) electrons. The Morgan fingerprint density at radius 3 is 2.84 bits per heavy atom. The molecule has 0 saturated carbocycles. The minimum Gasteiger partial charge on any atom is -0.310 e. The van der Waals surface area contributed by atoms with Crippen molar-refractivity contribution < 1.29 is 0 Å². The van der Waals surface area contributed by atoms with E-state index in [-0.39, 0.29) is 0 Å². The molecule has 1 atom stereocenters. The van der Waals surface area contributed by atoms with Crippen molar-refractivity contribution >= 4 is 22.9 Å². The first-order valence-corrected chi connectivity index (χ1v) is 7.77. The molecule has 0 aromatic carbocycles. The van der Waals surface area contributed by atoms with Crippen LogP contribution in [-0.2, 0) is 6.42 Å². The molecule has 4 heteroatoms. The number of pyridine rings is 1. The van der Waals surface area contributed by atoms with Crippen molar-refractivity contribution in [1.29, 1.82) is 0 Å². The molecule has 0 saturated heterocycles. The average molecular weight is 295 g/mol. The van der Waals surface area contributed by atoms with Crippen LogP contribution in [0.15, 0.2) is 30.6 Å². The molecule has 1 unspecified atom stereocenters. The summed E-state index contributed by atoms with van der Waals surface area (Å²) < 4.78 is 0.853. The molecule has 0 aliphatic heterocycles. The lowest BCUT2D eigenvalue weighted by Gasteiger charge is -2.18. The van der Waals surface area contributed by atoms with Crippen LogP contribution in [0.4, 0.5) is 0 Å². The number of nitrogens with zero attached hydrogens (tertiary/aromatic N) is 1. The fourth-order valence-corrected chi connectivity index (χ4v) is 3.19. The second-order valence-electron chi connectivity index (χ2n) is 4.71. The van der Waals surface area contributed by atoms with Gasteiger partial charge in [-0.15, -0.1) is 11.3 Å². The Kier molecular flexibility index (Phi) is 5.37. The van der Waals surface area contributed by atoms with Crippen LogP contribution in [0.1, 0.15) is 35.4 Å². The Morgan fingerprint density at radius 2 is 2.21 bits per heavy atom. The highest BCUT2D eigenvalue weighted by Crippen LogP contribution is 2.26. The third kappa shape index (κ3) is 4.30. The van der Waals surface area contributed by atoms with Gasteiger partial charge in [-0.3, -0.25) is 4.98 Å². The highest BCUT2D eigenvalue weighted by molar-refractivity contribution is 7.16. The molecular formula is C15H19ClN2S. The lowest BCUT2D eigenvalue weighted by atomic mass is 10.0. The molecular weight excluding hydrogens is 276 g/mol. The third-order valence-corrected chi connectivity index (χ3v) is 4.23. The van der Waals surface area contributed by atoms with Crippen molar-refractivity contribution in [2.24, 2.45) is 0 Å². The number of hydrogen-bond donors (Lipinski definition) is 1. The van der Waals surface area contributed by atoms with Gasteiger partial charge in [0, 0.05) is 29.7 Å². The number of hydrogen-bond acceptors (Lipinski definition) is 3. The second-order valence-corrected chi connectivity index (χ2v) is 6.51. The Bertz CT molecular complexity index is 524. The third-order valence-electron chi connectivity index (χ3n) is 2.97. The number of aryl methyl sites for hydroxylation is 1. The zero-order valence-electron chi connectivity index (χ0n) is 11.3. The maximum Gasteiger partial charge on any atom is 0.0931 e. The molecule has 2 rings (SSSR count). The summed E-state index contributed by atoms with van der Waals surface area (Å²) in [6.07, 6.45) is 5.93. The highest BCUT2D eigenvalue weighted by Gasteiger charge is 2.13. The predicted molar refractivity (Wildman–Crippen MR) is 83.0 cm³/mol. The van der Waals surface area contributed by atoms with Gasteiger partial charge in [-0.25, -0.2) is 0 Å². The van der Waals surface area contributed by atoms with Gasteiger partial charge in [-0.05, 0) is 43.1 Å². The van der Waals surface area contributed by atoms with Gasteiger partial charge in [0.2, 0.25) is 0 Å². The largest absolute Gasteiger partial charge is 0.310 e. The summed E-state index contributed by atoms with van der Waals surface area (Å²) in [6, 6.07) is 6.58. The number of halogens is 1. The molecule has 0 bridgehead atoms. The van der Waals surface area contributed by atoms with Gasteiger partial charge in [-0.2, -0.15) is 0 Å². The van der Waals surface area contributed by atoms with Gasteiger partial charge in [0.25, 0.3) is 0 Å². The Morgan fingerprint density at radius 1 is 1.37 bits per heavy atom. The van der Waals surface area contributed by atoms with Crippen molar-refractivity contribution in [2.75, 3.05) is 6.54 Å². The molecule has 0 aliphatic carbocycles. The van der Waals surface area contributed by atoms with Crippen LogP contribution in [0.3, 0.4) is 0 Å². The van der Waals surface area contributed by atoms with Gasteiger partial charge >= 0.3 is 0 Å². The van der Waals surface area contributed by atoms with Crippen molar-refractivity contribution in [3.05, 3.63) is 50.9 Å². The lowest BCUT2D eigenvalue weighted by molar-refractivity contribution is 0.530. The van der Waals surface area contributed by atoms with E-state index in [0.717, 1.165) is 23.7 Å². The maximum atomic E-state index is 6.01. The molecule has 2 aromatic heterocycles. The van der Waals surface area contributed by atoms with Crippen LogP contribution in [0.5, 0.6) is 0 Å². The molecule has 102 valence electrons. The number of thiophene rings is 1. The molecule has 0 fully saturated rings. The van der Waals surface area contributed by atoms with E-state index in [1.165, 1.54) is 16.0 Å². The van der Waals surface area contributed by atoms with Crippen LogP contribution >= 0.6 is 22.9 Å². The van der Waals surface area contributed by atoms with Crippen LogP contribution in [0.25, 0.3) is 0 Å². The highest BCUT2D eigenvalue weighted by atomic mass is 35.5. The number of nitrogens with one attached hydrogen (secondary N) is 1. The van der Waals surface area contributed by atoms with Crippen molar-refractivity contribution in [3.8, 4) is 0 Å². The topological polar surface area (TPSA) is 24.9 Å². The normalized spacial score (nSPS) is 12.6. The van der Waals surface area contributed by atoms with E-state index >= 15 is 0 Å². The molecule has 0 spiro atoms. The lowest BCUT2D eigenvalue weighted by Crippen LogP contribution is -2.24. The number of aromatic nitrogens is 1. The summed E-state index contributed by atoms with van der Waals surface area (Å²) in [6.45, 7) is 5.27. The summed E-state index contributed by atoms with van der Waals surface area (Å²) in [5.74, 6) is 0. The second kappa shape index (κ2) is 7.04. The first-order chi connectivity index (χ1) is 9.19. The summed E-state index contributed by atoms with van der Waals surface area (Å²) in [7, 11) is 0. The predicted octanol–water partition coefficient (Wildman–Crippen LogP) is 4.39. The average Bonchev–Trinajstić information content (AvgIpc) is 2.80. The van der Waals surface area contributed by atoms with Crippen LogP contribution in [0.2, 0.25) is 4.34 Å². The van der Waals surface area contributed by atoms with Gasteiger partial charge in [-0.1, -0.05) is 24.6 Å². The van der Waals surface area contributed by atoms with Crippen molar-refractivity contribution in [1.82, 2.24) is 10.3 Å².